The van der Waals surface area contributed by atoms with Gasteiger partial charge in [0, 0.05) is 18.3 Å². The minimum atomic E-state index is -0.538. The zero-order chi connectivity index (χ0) is 16.9. The first-order chi connectivity index (χ1) is 11.6. The second kappa shape index (κ2) is 7.62. The van der Waals surface area contributed by atoms with E-state index in [1.165, 1.54) is 38.3 Å². The maximum absolute atomic E-state index is 11.7. The Kier molecular flexibility index (Phi) is 5.30. The van der Waals surface area contributed by atoms with Crippen LogP contribution in [0.15, 0.2) is 24.4 Å². The molecule has 1 radical (unpaired) electrons. The van der Waals surface area contributed by atoms with Gasteiger partial charge in [-0.15, -0.1) is 0 Å². The first-order valence-electron chi connectivity index (χ1n) is 8.22. The van der Waals surface area contributed by atoms with E-state index in [1.54, 1.807) is 18.2 Å². The molecule has 1 aliphatic rings. The first kappa shape index (κ1) is 16.7. The van der Waals surface area contributed by atoms with Crippen LogP contribution in [0, 0.1) is 12.1 Å². The van der Waals surface area contributed by atoms with E-state index in [2.05, 4.69) is 21.5 Å². The van der Waals surface area contributed by atoms with E-state index in [0.29, 0.717) is 33.6 Å². The molecule has 1 saturated carbocycles. The third-order valence-electron chi connectivity index (χ3n) is 4.43. The molecule has 2 heterocycles. The average Bonchev–Trinajstić information content (AvgIpc) is 2.61. The summed E-state index contributed by atoms with van der Waals surface area (Å²) >= 11 is 6.19. The number of halogens is 1. The number of carbonyl (C=O) groups excluding carboxylic acids is 1. The number of hydrogen-bond acceptors (Lipinski definition) is 4. The third kappa shape index (κ3) is 3.85. The highest BCUT2D eigenvalue weighted by Crippen LogP contribution is 2.29. The standard InChI is InChI=1S/C18H20ClN4O/c19-15-11-21-9-8-13(15)17-14(18(20)24)6-7-16(23-17)22-10-12-4-2-1-3-5-12/h6-8,11-12H,1-5,10H2,(H2,20,24)(H,22,23). The zero-order valence-corrected chi connectivity index (χ0v) is 14.1. The highest BCUT2D eigenvalue weighted by molar-refractivity contribution is 6.33. The molecule has 0 aliphatic heterocycles. The summed E-state index contributed by atoms with van der Waals surface area (Å²) in [6.45, 7) is 0.887. The van der Waals surface area contributed by atoms with E-state index in [4.69, 9.17) is 17.3 Å². The SMILES string of the molecule is NC(=O)c1ccc(NCC2CCCCC2)nc1-c1c[c]ncc1Cl. The number of nitrogens with zero attached hydrogens (tertiary/aromatic N) is 2. The summed E-state index contributed by atoms with van der Waals surface area (Å²) in [5.41, 5.74) is 6.86. The van der Waals surface area contributed by atoms with Crippen molar-refractivity contribution >= 4 is 23.3 Å². The van der Waals surface area contributed by atoms with Gasteiger partial charge in [-0.2, -0.15) is 0 Å². The Labute approximate surface area is 146 Å². The monoisotopic (exact) mass is 343 g/mol. The van der Waals surface area contributed by atoms with Crippen LogP contribution in [0.5, 0.6) is 0 Å². The molecule has 0 atom stereocenters. The Morgan fingerprint density at radius 1 is 1.33 bits per heavy atom. The van der Waals surface area contributed by atoms with Crippen molar-refractivity contribution in [2.24, 2.45) is 11.7 Å². The molecule has 0 saturated heterocycles. The molecule has 5 nitrogen and oxygen atoms in total. The lowest BCUT2D eigenvalue weighted by Crippen LogP contribution is -2.18. The van der Waals surface area contributed by atoms with Gasteiger partial charge in [-0.25, -0.2) is 4.98 Å². The molecule has 24 heavy (non-hydrogen) atoms. The summed E-state index contributed by atoms with van der Waals surface area (Å²) in [4.78, 5) is 20.1. The Hall–Kier alpha value is -2.14. The number of carbonyl (C=O) groups is 1. The predicted octanol–water partition coefficient (Wildman–Crippen LogP) is 3.69. The van der Waals surface area contributed by atoms with Crippen molar-refractivity contribution in [1.82, 2.24) is 9.97 Å². The van der Waals surface area contributed by atoms with Crippen molar-refractivity contribution in [1.29, 1.82) is 0 Å². The van der Waals surface area contributed by atoms with Gasteiger partial charge in [0.25, 0.3) is 5.91 Å². The van der Waals surface area contributed by atoms with Gasteiger partial charge in [-0.3, -0.25) is 9.78 Å². The second-order valence-electron chi connectivity index (χ2n) is 6.14. The lowest BCUT2D eigenvalue weighted by Gasteiger charge is -2.22. The minimum absolute atomic E-state index is 0.333. The highest BCUT2D eigenvalue weighted by Gasteiger charge is 2.17. The molecule has 3 rings (SSSR count). The predicted molar refractivity (Wildman–Crippen MR) is 94.9 cm³/mol. The van der Waals surface area contributed by atoms with Crippen molar-refractivity contribution in [2.45, 2.75) is 32.1 Å². The summed E-state index contributed by atoms with van der Waals surface area (Å²) < 4.78 is 0. The fraction of sp³-hybridized carbons (Fsp3) is 0.389. The normalized spacial score (nSPS) is 15.2. The maximum atomic E-state index is 11.7. The molecular weight excluding hydrogens is 324 g/mol. The molecule has 0 spiro atoms. The van der Waals surface area contributed by atoms with Crippen molar-refractivity contribution in [3.63, 3.8) is 0 Å². The molecule has 6 heteroatoms. The molecule has 1 fully saturated rings. The molecule has 125 valence electrons. The summed E-state index contributed by atoms with van der Waals surface area (Å²) in [6.07, 6.45) is 10.6. The van der Waals surface area contributed by atoms with Crippen molar-refractivity contribution in [3.8, 4) is 11.3 Å². The van der Waals surface area contributed by atoms with E-state index < -0.39 is 5.91 Å². The van der Waals surface area contributed by atoms with Crippen LogP contribution in [0.3, 0.4) is 0 Å². The van der Waals surface area contributed by atoms with Crippen molar-refractivity contribution < 1.29 is 4.79 Å². The summed E-state index contributed by atoms with van der Waals surface area (Å²) in [7, 11) is 0. The highest BCUT2D eigenvalue weighted by atomic mass is 35.5. The maximum Gasteiger partial charge on any atom is 0.250 e. The van der Waals surface area contributed by atoms with Crippen LogP contribution in [0.1, 0.15) is 42.5 Å². The summed E-state index contributed by atoms with van der Waals surface area (Å²) in [5.74, 6) is 0.857. The van der Waals surface area contributed by atoms with Crippen molar-refractivity contribution in [2.75, 3.05) is 11.9 Å². The van der Waals surface area contributed by atoms with Gasteiger partial charge in [0.2, 0.25) is 0 Å². The zero-order valence-electron chi connectivity index (χ0n) is 13.4. The van der Waals surface area contributed by atoms with E-state index in [1.807, 2.05) is 0 Å². The number of anilines is 1. The quantitative estimate of drug-likeness (QED) is 0.867. The Bertz CT molecular complexity index is 729. The van der Waals surface area contributed by atoms with Crippen LogP contribution in [0.4, 0.5) is 5.82 Å². The number of amides is 1. The molecule has 3 N–H and O–H groups in total. The number of rotatable bonds is 5. The average molecular weight is 344 g/mol. The Balaban J connectivity index is 1.85. The fourth-order valence-corrected chi connectivity index (χ4v) is 3.31. The first-order valence-corrected chi connectivity index (χ1v) is 8.59. The lowest BCUT2D eigenvalue weighted by molar-refractivity contribution is 0.100. The van der Waals surface area contributed by atoms with E-state index in [-0.39, 0.29) is 0 Å². The molecule has 0 bridgehead atoms. The Morgan fingerprint density at radius 2 is 2.12 bits per heavy atom. The van der Waals surface area contributed by atoms with Crippen molar-refractivity contribution in [3.05, 3.63) is 41.2 Å². The lowest BCUT2D eigenvalue weighted by atomic mass is 9.89. The van der Waals surface area contributed by atoms with Gasteiger partial charge in [-0.05, 0) is 37.0 Å². The van der Waals surface area contributed by atoms with Crippen LogP contribution in [0.25, 0.3) is 11.3 Å². The molecule has 0 aromatic carbocycles. The van der Waals surface area contributed by atoms with E-state index >= 15 is 0 Å². The number of hydrogen-bond donors (Lipinski definition) is 2. The third-order valence-corrected chi connectivity index (χ3v) is 4.73. The molecule has 0 unspecified atom stereocenters. The van der Waals surface area contributed by atoms with Crippen LogP contribution in [-0.2, 0) is 0 Å². The van der Waals surface area contributed by atoms with Gasteiger partial charge in [0.1, 0.15) is 5.82 Å². The van der Waals surface area contributed by atoms with Gasteiger partial charge in [-0.1, -0.05) is 30.9 Å². The molecular formula is C18H20ClN4O. The second-order valence-corrected chi connectivity index (χ2v) is 6.54. The number of aromatic nitrogens is 2. The van der Waals surface area contributed by atoms with Gasteiger partial charge >= 0.3 is 0 Å². The Morgan fingerprint density at radius 3 is 2.83 bits per heavy atom. The molecule has 2 aromatic heterocycles. The minimum Gasteiger partial charge on any atom is -0.370 e. The van der Waals surface area contributed by atoms with E-state index in [9.17, 15) is 4.79 Å². The van der Waals surface area contributed by atoms with Gasteiger partial charge in [0.15, 0.2) is 0 Å². The van der Waals surface area contributed by atoms with Crippen LogP contribution in [0.2, 0.25) is 5.02 Å². The number of pyridine rings is 2. The molecule has 1 amide bonds. The molecule has 1 aliphatic carbocycles. The number of primary amides is 1. The molecule has 2 aromatic rings. The fourth-order valence-electron chi connectivity index (χ4n) is 3.12. The van der Waals surface area contributed by atoms with E-state index in [0.717, 1.165) is 6.54 Å². The van der Waals surface area contributed by atoms with Crippen LogP contribution in [-0.4, -0.2) is 22.4 Å². The summed E-state index contributed by atoms with van der Waals surface area (Å²) in [6, 6.07) is 5.08. The number of nitrogens with two attached hydrogens (primary N) is 1. The largest absolute Gasteiger partial charge is 0.370 e. The topological polar surface area (TPSA) is 80.9 Å². The smallest absolute Gasteiger partial charge is 0.250 e. The van der Waals surface area contributed by atoms with Crippen LogP contribution >= 0.6 is 11.6 Å². The summed E-state index contributed by atoms with van der Waals surface area (Å²) in [5, 5.41) is 3.79. The van der Waals surface area contributed by atoms with Crippen LogP contribution < -0.4 is 11.1 Å². The van der Waals surface area contributed by atoms with Gasteiger partial charge < -0.3 is 11.1 Å². The number of nitrogens with one attached hydrogen (secondary N) is 1. The van der Waals surface area contributed by atoms with Gasteiger partial charge in [0.05, 0.1) is 22.5 Å².